The van der Waals surface area contributed by atoms with Crippen LogP contribution in [0.4, 0.5) is 0 Å². The smallest absolute Gasteiger partial charge is 0.462 e. The lowest BCUT2D eigenvalue weighted by atomic mass is 10.1. The number of allylic oxidation sites excluding steroid dienone is 8. The van der Waals surface area contributed by atoms with E-state index in [1.807, 2.05) is 39.4 Å². The van der Waals surface area contributed by atoms with Gasteiger partial charge in [0.05, 0.1) is 33.9 Å². The van der Waals surface area contributed by atoms with E-state index < -0.39 is 38.6 Å². The van der Waals surface area contributed by atoms with Gasteiger partial charge in [-0.25, -0.2) is 4.57 Å². The van der Waals surface area contributed by atoms with E-state index in [1.165, 1.54) is 83.5 Å². The van der Waals surface area contributed by atoms with Gasteiger partial charge < -0.3 is 24.0 Å². The van der Waals surface area contributed by atoms with Crippen LogP contribution in [0.5, 0.6) is 0 Å². The van der Waals surface area contributed by atoms with Gasteiger partial charge in [0, 0.05) is 12.8 Å². The largest absolute Gasteiger partial charge is 0.472 e. The first-order chi connectivity index (χ1) is 28.4. The van der Waals surface area contributed by atoms with E-state index in [4.69, 9.17) is 18.5 Å². The number of unbranched alkanes of at least 4 members (excludes halogenated alkanes) is 17. The van der Waals surface area contributed by atoms with E-state index in [9.17, 15) is 24.2 Å². The van der Waals surface area contributed by atoms with Crippen LogP contribution in [0.15, 0.2) is 60.8 Å². The normalized spacial score (nSPS) is 14.6. The Bertz CT molecular complexity index is 1210. The number of hydrogen-bond donors (Lipinski definition) is 2. The highest BCUT2D eigenvalue weighted by Gasteiger charge is 2.27. The van der Waals surface area contributed by atoms with E-state index in [0.29, 0.717) is 36.7 Å². The summed E-state index contributed by atoms with van der Waals surface area (Å²) in [6.07, 6.45) is 44.4. The van der Waals surface area contributed by atoms with Crippen LogP contribution < -0.4 is 0 Å². The Labute approximate surface area is 360 Å². The fraction of sp³-hybridized carbons (Fsp3) is 0.750. The molecule has 0 heterocycles. The molecule has 0 spiro atoms. The molecule has 59 heavy (non-hydrogen) atoms. The molecule has 0 aromatic rings. The van der Waals surface area contributed by atoms with Gasteiger partial charge in [0.25, 0.3) is 0 Å². The third-order valence-electron chi connectivity index (χ3n) is 9.60. The van der Waals surface area contributed by atoms with Crippen LogP contribution in [-0.2, 0) is 32.7 Å². The zero-order valence-corrected chi connectivity index (χ0v) is 39.0. The molecule has 3 atom stereocenters. The highest BCUT2D eigenvalue weighted by molar-refractivity contribution is 7.47. The summed E-state index contributed by atoms with van der Waals surface area (Å²) in [5, 5.41) is 10.1. The van der Waals surface area contributed by atoms with E-state index >= 15 is 0 Å². The Morgan fingerprint density at radius 1 is 0.610 bits per heavy atom. The van der Waals surface area contributed by atoms with Crippen LogP contribution in [0.1, 0.15) is 174 Å². The van der Waals surface area contributed by atoms with Gasteiger partial charge in [-0.3, -0.25) is 18.6 Å². The van der Waals surface area contributed by atoms with Crippen molar-refractivity contribution in [2.45, 2.75) is 187 Å². The molecule has 0 aliphatic rings. The number of phosphoric acid groups is 1. The van der Waals surface area contributed by atoms with Crippen LogP contribution in [0.25, 0.3) is 0 Å². The molecular formula is C48H87NO9P+. The van der Waals surface area contributed by atoms with E-state index in [-0.39, 0.29) is 26.1 Å². The Hall–Kier alpha value is -2.33. The second-order valence-corrected chi connectivity index (χ2v) is 18.1. The number of quaternary nitrogens is 1. The molecule has 0 saturated carbocycles. The van der Waals surface area contributed by atoms with Gasteiger partial charge in [0.1, 0.15) is 19.8 Å². The van der Waals surface area contributed by atoms with Gasteiger partial charge in [-0.05, 0) is 70.6 Å². The zero-order chi connectivity index (χ0) is 43.7. The highest BCUT2D eigenvalue weighted by atomic mass is 31.2. The zero-order valence-electron chi connectivity index (χ0n) is 38.1. The molecule has 0 aromatic heterocycles. The molecule has 2 unspecified atom stereocenters. The van der Waals surface area contributed by atoms with Gasteiger partial charge in [-0.1, -0.05) is 152 Å². The average molecular weight is 853 g/mol. The molecule has 0 saturated heterocycles. The molecule has 0 fully saturated rings. The number of carbonyl (C=O) groups is 2. The molecule has 0 aliphatic heterocycles. The second kappa shape index (κ2) is 39.8. The van der Waals surface area contributed by atoms with Crippen molar-refractivity contribution in [2.75, 3.05) is 47.5 Å². The first-order valence-electron chi connectivity index (χ1n) is 23.1. The minimum Gasteiger partial charge on any atom is -0.462 e. The molecule has 0 amide bonds. The van der Waals surface area contributed by atoms with Crippen LogP contribution in [0, 0.1) is 0 Å². The van der Waals surface area contributed by atoms with Gasteiger partial charge in [-0.2, -0.15) is 0 Å². The van der Waals surface area contributed by atoms with Crippen LogP contribution >= 0.6 is 7.82 Å². The van der Waals surface area contributed by atoms with Crippen molar-refractivity contribution in [2.24, 2.45) is 0 Å². The fourth-order valence-electron chi connectivity index (χ4n) is 5.90. The number of likely N-dealkylation sites (N-methyl/N-ethyl adjacent to an activating group) is 1. The summed E-state index contributed by atoms with van der Waals surface area (Å²) < 4.78 is 34.2. The Kier molecular flexibility index (Phi) is 38.2. The predicted octanol–water partition coefficient (Wildman–Crippen LogP) is 12.2. The van der Waals surface area contributed by atoms with Gasteiger partial charge >= 0.3 is 19.8 Å². The lowest BCUT2D eigenvalue weighted by Crippen LogP contribution is -2.37. The van der Waals surface area contributed by atoms with Gasteiger partial charge in [-0.15, -0.1) is 0 Å². The Morgan fingerprint density at radius 3 is 1.78 bits per heavy atom. The number of carbonyl (C=O) groups excluding carboxylic acids is 2. The number of aliphatic hydroxyl groups excluding tert-OH is 1. The molecule has 0 bridgehead atoms. The number of hydrogen-bond acceptors (Lipinski definition) is 8. The van der Waals surface area contributed by atoms with E-state index in [2.05, 4.69) is 44.2 Å². The summed E-state index contributed by atoms with van der Waals surface area (Å²) in [6.45, 7) is 4.21. The SMILES string of the molecule is CCCCC/C=C\C/C=C\CC(O)/C=C\C=C\CCCC(=O)OC[C@H](COP(=O)(O)OCC[N+](C)(C)C)OC(=O)CCCCCCCCC/C=C\CCCCCCCC. The van der Waals surface area contributed by atoms with Crippen molar-refractivity contribution in [1.82, 2.24) is 0 Å². The third kappa shape index (κ3) is 43.6. The lowest BCUT2D eigenvalue weighted by molar-refractivity contribution is -0.870. The number of rotatable bonds is 41. The summed E-state index contributed by atoms with van der Waals surface area (Å²) in [5.41, 5.74) is 0. The van der Waals surface area contributed by atoms with Crippen molar-refractivity contribution in [1.29, 1.82) is 0 Å². The van der Waals surface area contributed by atoms with E-state index in [1.54, 1.807) is 12.2 Å². The van der Waals surface area contributed by atoms with Crippen molar-refractivity contribution in [3.8, 4) is 0 Å². The predicted molar refractivity (Wildman–Crippen MR) is 244 cm³/mol. The van der Waals surface area contributed by atoms with Gasteiger partial charge in [0.15, 0.2) is 6.10 Å². The van der Waals surface area contributed by atoms with Crippen LogP contribution in [-0.4, -0.2) is 86.1 Å². The molecule has 2 N–H and O–H groups in total. The summed E-state index contributed by atoms with van der Waals surface area (Å²) in [4.78, 5) is 35.4. The first kappa shape index (κ1) is 56.7. The van der Waals surface area contributed by atoms with E-state index in [0.717, 1.165) is 38.5 Å². The van der Waals surface area contributed by atoms with Crippen molar-refractivity contribution in [3.05, 3.63) is 60.8 Å². The topological polar surface area (TPSA) is 129 Å². The second-order valence-electron chi connectivity index (χ2n) is 16.6. The van der Waals surface area contributed by atoms with Crippen molar-refractivity contribution >= 4 is 19.8 Å². The van der Waals surface area contributed by atoms with Gasteiger partial charge in [0.2, 0.25) is 0 Å². The number of aliphatic hydroxyl groups is 1. The maximum Gasteiger partial charge on any atom is 0.472 e. The maximum atomic E-state index is 12.7. The Morgan fingerprint density at radius 2 is 1.14 bits per heavy atom. The lowest BCUT2D eigenvalue weighted by Gasteiger charge is -2.24. The standard InChI is InChI=1S/C48H86NO9P/c1-6-8-10-12-14-16-17-18-19-20-21-22-23-25-27-31-36-40-48(52)58-46(44-57-59(53,54)56-42-41-49(3,4)5)43-55-47(51)39-35-32-28-30-34-38-45(50)37-33-29-26-24-15-13-11-9-7-2/h15,18-19,24,28-30,33-34,38,45-46,50H,6-14,16-17,20-23,25-27,31-32,35-37,39-44H2,1-5H3/p+1/b19-18-,24-15-,30-28+,33-29-,38-34-/t45?,46-/m1/s1. The van der Waals surface area contributed by atoms with Crippen LogP contribution in [0.2, 0.25) is 0 Å². The summed E-state index contributed by atoms with van der Waals surface area (Å²) in [7, 11) is 1.39. The average Bonchev–Trinajstić information content (AvgIpc) is 3.18. The number of nitrogens with zero attached hydrogens (tertiary/aromatic N) is 1. The minimum absolute atomic E-state index is 0.00655. The summed E-state index contributed by atoms with van der Waals surface area (Å²) in [5.74, 6) is -0.936. The van der Waals surface area contributed by atoms with Crippen molar-refractivity contribution in [3.63, 3.8) is 0 Å². The highest BCUT2D eigenvalue weighted by Crippen LogP contribution is 2.43. The van der Waals surface area contributed by atoms with Crippen molar-refractivity contribution < 1.29 is 47.2 Å². The van der Waals surface area contributed by atoms with Crippen LogP contribution in [0.3, 0.4) is 0 Å². The molecule has 10 nitrogen and oxygen atoms in total. The maximum absolute atomic E-state index is 12.7. The molecule has 11 heteroatoms. The first-order valence-corrected chi connectivity index (χ1v) is 24.6. The fourth-order valence-corrected chi connectivity index (χ4v) is 6.65. The molecular weight excluding hydrogens is 765 g/mol. The number of ether oxygens (including phenoxy) is 2. The molecule has 0 rings (SSSR count). The quantitative estimate of drug-likeness (QED) is 0.0154. The molecule has 342 valence electrons. The Balaban J connectivity index is 4.51. The number of esters is 2. The third-order valence-corrected chi connectivity index (χ3v) is 10.6. The minimum atomic E-state index is -4.41. The summed E-state index contributed by atoms with van der Waals surface area (Å²) in [6, 6.07) is 0. The monoisotopic (exact) mass is 853 g/mol. The molecule has 0 aliphatic carbocycles. The summed E-state index contributed by atoms with van der Waals surface area (Å²) >= 11 is 0. The molecule has 0 aromatic carbocycles. The number of phosphoric ester groups is 1. The molecule has 0 radical (unpaired) electrons.